The van der Waals surface area contributed by atoms with Gasteiger partial charge in [0.15, 0.2) is 0 Å². The molecule has 1 aromatic rings. The maximum atomic E-state index is 12.1. The standard InChI is InChI=1S/C15H19IN2O3/c16-11-4-3-5-12(8-11)17-14(19)10-18-7-2-1-6-13(18)9-15(20)21/h3-5,8,13H,1-2,6-7,9-10H2,(H,17,19)(H,20,21). The van der Waals surface area contributed by atoms with Crippen molar-refractivity contribution in [3.8, 4) is 0 Å². The Kier molecular flexibility index (Phi) is 5.98. The van der Waals surface area contributed by atoms with Crippen molar-refractivity contribution in [2.45, 2.75) is 31.7 Å². The molecule has 1 aromatic carbocycles. The molecule has 1 aliphatic heterocycles. The van der Waals surface area contributed by atoms with Gasteiger partial charge in [-0.1, -0.05) is 12.5 Å². The van der Waals surface area contributed by atoms with Crippen LogP contribution < -0.4 is 5.32 Å². The van der Waals surface area contributed by atoms with Crippen LogP contribution in [-0.4, -0.2) is 41.0 Å². The zero-order valence-corrected chi connectivity index (χ0v) is 13.9. The van der Waals surface area contributed by atoms with Gasteiger partial charge in [0.25, 0.3) is 0 Å². The van der Waals surface area contributed by atoms with E-state index in [0.717, 1.165) is 35.1 Å². The van der Waals surface area contributed by atoms with Crippen molar-refractivity contribution >= 4 is 40.2 Å². The van der Waals surface area contributed by atoms with E-state index < -0.39 is 5.97 Å². The smallest absolute Gasteiger partial charge is 0.304 e. The van der Waals surface area contributed by atoms with E-state index in [9.17, 15) is 9.59 Å². The number of nitrogens with zero attached hydrogens (tertiary/aromatic N) is 1. The van der Waals surface area contributed by atoms with Crippen LogP contribution in [0.15, 0.2) is 24.3 Å². The predicted octanol–water partition coefficient (Wildman–Crippen LogP) is 2.56. The number of aliphatic carboxylic acids is 1. The first-order valence-corrected chi connectivity index (χ1v) is 8.14. The molecule has 1 fully saturated rings. The molecule has 1 amide bonds. The Bertz CT molecular complexity index is 521. The molecular formula is C15H19IN2O3. The maximum absolute atomic E-state index is 12.1. The van der Waals surface area contributed by atoms with Crippen molar-refractivity contribution in [2.75, 3.05) is 18.4 Å². The van der Waals surface area contributed by atoms with Crippen LogP contribution in [0, 0.1) is 3.57 Å². The summed E-state index contributed by atoms with van der Waals surface area (Å²) in [4.78, 5) is 25.0. The number of carboxylic acid groups (broad SMARTS) is 1. The Morgan fingerprint density at radius 3 is 2.90 bits per heavy atom. The summed E-state index contributed by atoms with van der Waals surface area (Å²) in [7, 11) is 0. The Hall–Kier alpha value is -1.15. The number of piperidine rings is 1. The molecule has 1 unspecified atom stereocenters. The van der Waals surface area contributed by atoms with Gasteiger partial charge >= 0.3 is 5.97 Å². The lowest BCUT2D eigenvalue weighted by Gasteiger charge is -2.34. The third-order valence-corrected chi connectivity index (χ3v) is 4.29. The lowest BCUT2D eigenvalue weighted by atomic mass is 9.99. The summed E-state index contributed by atoms with van der Waals surface area (Å²) in [5, 5.41) is 11.8. The zero-order chi connectivity index (χ0) is 15.2. The van der Waals surface area contributed by atoms with E-state index in [1.165, 1.54) is 0 Å². The van der Waals surface area contributed by atoms with Gasteiger partial charge in [0.2, 0.25) is 5.91 Å². The molecule has 0 radical (unpaired) electrons. The second kappa shape index (κ2) is 7.74. The minimum absolute atomic E-state index is 0.0297. The largest absolute Gasteiger partial charge is 0.481 e. The molecule has 6 heteroatoms. The van der Waals surface area contributed by atoms with Gasteiger partial charge in [0.1, 0.15) is 0 Å². The van der Waals surface area contributed by atoms with Crippen LogP contribution in [-0.2, 0) is 9.59 Å². The number of anilines is 1. The Morgan fingerprint density at radius 2 is 2.19 bits per heavy atom. The molecule has 5 nitrogen and oxygen atoms in total. The van der Waals surface area contributed by atoms with Crippen LogP contribution >= 0.6 is 22.6 Å². The number of hydrogen-bond acceptors (Lipinski definition) is 3. The number of carboxylic acids is 1. The Balaban J connectivity index is 1.92. The molecule has 21 heavy (non-hydrogen) atoms. The predicted molar refractivity (Wildman–Crippen MR) is 89.3 cm³/mol. The fourth-order valence-corrected chi connectivity index (χ4v) is 3.20. The summed E-state index contributed by atoms with van der Waals surface area (Å²) in [6.45, 7) is 1.04. The topological polar surface area (TPSA) is 69.6 Å². The summed E-state index contributed by atoms with van der Waals surface area (Å²) < 4.78 is 1.06. The van der Waals surface area contributed by atoms with Gasteiger partial charge in [0, 0.05) is 15.3 Å². The van der Waals surface area contributed by atoms with Crippen LogP contribution in [0.2, 0.25) is 0 Å². The van der Waals surface area contributed by atoms with Gasteiger partial charge in [-0.05, 0) is 60.2 Å². The molecular weight excluding hydrogens is 383 g/mol. The van der Waals surface area contributed by atoms with Crippen molar-refractivity contribution < 1.29 is 14.7 Å². The molecule has 0 saturated carbocycles. The van der Waals surface area contributed by atoms with E-state index in [1.807, 2.05) is 29.2 Å². The third kappa shape index (κ3) is 5.28. The molecule has 2 rings (SSSR count). The number of carbonyl (C=O) groups excluding carboxylic acids is 1. The van der Waals surface area contributed by atoms with E-state index in [0.29, 0.717) is 0 Å². The van der Waals surface area contributed by atoms with Crippen molar-refractivity contribution in [1.29, 1.82) is 0 Å². The molecule has 1 aliphatic rings. The summed E-state index contributed by atoms with van der Waals surface area (Å²) in [6.07, 6.45) is 3.01. The summed E-state index contributed by atoms with van der Waals surface area (Å²) in [6, 6.07) is 7.59. The molecule has 0 aromatic heterocycles. The average Bonchev–Trinajstić information content (AvgIpc) is 2.40. The van der Waals surface area contributed by atoms with Crippen LogP contribution in [0.4, 0.5) is 5.69 Å². The summed E-state index contributed by atoms with van der Waals surface area (Å²) >= 11 is 2.20. The van der Waals surface area contributed by atoms with Gasteiger partial charge in [-0.3, -0.25) is 14.5 Å². The summed E-state index contributed by atoms with van der Waals surface area (Å²) in [5.41, 5.74) is 0.777. The lowest BCUT2D eigenvalue weighted by Crippen LogP contribution is -2.44. The minimum Gasteiger partial charge on any atom is -0.481 e. The van der Waals surface area contributed by atoms with Gasteiger partial charge < -0.3 is 10.4 Å². The SMILES string of the molecule is O=C(O)CC1CCCCN1CC(=O)Nc1cccc(I)c1. The van der Waals surface area contributed by atoms with Crippen LogP contribution in [0.25, 0.3) is 0 Å². The Labute approximate surface area is 137 Å². The fraction of sp³-hybridized carbons (Fsp3) is 0.467. The molecule has 0 spiro atoms. The van der Waals surface area contributed by atoms with E-state index >= 15 is 0 Å². The van der Waals surface area contributed by atoms with E-state index in [4.69, 9.17) is 5.11 Å². The van der Waals surface area contributed by atoms with E-state index in [1.54, 1.807) is 0 Å². The lowest BCUT2D eigenvalue weighted by molar-refractivity contribution is -0.139. The highest BCUT2D eigenvalue weighted by Crippen LogP contribution is 2.20. The molecule has 2 N–H and O–H groups in total. The van der Waals surface area contributed by atoms with Crippen molar-refractivity contribution in [3.05, 3.63) is 27.8 Å². The molecule has 1 atom stereocenters. The van der Waals surface area contributed by atoms with Crippen LogP contribution in [0.1, 0.15) is 25.7 Å². The normalized spacial score (nSPS) is 19.2. The van der Waals surface area contributed by atoms with Crippen LogP contribution in [0.5, 0.6) is 0 Å². The molecule has 0 aliphatic carbocycles. The number of hydrogen-bond donors (Lipinski definition) is 2. The van der Waals surface area contributed by atoms with E-state index in [-0.39, 0.29) is 24.9 Å². The highest BCUT2D eigenvalue weighted by molar-refractivity contribution is 14.1. The molecule has 114 valence electrons. The number of halogens is 1. The van der Waals surface area contributed by atoms with Gasteiger partial charge in [-0.2, -0.15) is 0 Å². The fourth-order valence-electron chi connectivity index (χ4n) is 2.65. The van der Waals surface area contributed by atoms with Crippen molar-refractivity contribution in [3.63, 3.8) is 0 Å². The zero-order valence-electron chi connectivity index (χ0n) is 11.7. The summed E-state index contributed by atoms with van der Waals surface area (Å²) in [5.74, 6) is -0.890. The van der Waals surface area contributed by atoms with Crippen molar-refractivity contribution in [1.82, 2.24) is 4.90 Å². The average molecular weight is 402 g/mol. The van der Waals surface area contributed by atoms with Gasteiger partial charge in [-0.15, -0.1) is 0 Å². The Morgan fingerprint density at radius 1 is 1.38 bits per heavy atom. The van der Waals surface area contributed by atoms with E-state index in [2.05, 4.69) is 27.9 Å². The van der Waals surface area contributed by atoms with Crippen LogP contribution in [0.3, 0.4) is 0 Å². The second-order valence-electron chi connectivity index (χ2n) is 5.28. The third-order valence-electron chi connectivity index (χ3n) is 3.61. The maximum Gasteiger partial charge on any atom is 0.304 e. The first-order chi connectivity index (χ1) is 10.0. The monoisotopic (exact) mass is 402 g/mol. The second-order valence-corrected chi connectivity index (χ2v) is 6.52. The quantitative estimate of drug-likeness (QED) is 0.743. The molecule has 0 bridgehead atoms. The number of rotatable bonds is 5. The molecule has 1 saturated heterocycles. The van der Waals surface area contributed by atoms with Crippen molar-refractivity contribution in [2.24, 2.45) is 0 Å². The van der Waals surface area contributed by atoms with Gasteiger partial charge in [0.05, 0.1) is 13.0 Å². The highest BCUT2D eigenvalue weighted by atomic mass is 127. The number of carbonyl (C=O) groups is 2. The minimum atomic E-state index is -0.801. The number of benzene rings is 1. The van der Waals surface area contributed by atoms with Gasteiger partial charge in [-0.25, -0.2) is 0 Å². The number of likely N-dealkylation sites (tertiary alicyclic amines) is 1. The first kappa shape index (κ1) is 16.2. The highest BCUT2D eigenvalue weighted by Gasteiger charge is 2.26. The first-order valence-electron chi connectivity index (χ1n) is 7.06. The number of amides is 1. The number of nitrogens with one attached hydrogen (secondary N) is 1. The molecule has 1 heterocycles.